The van der Waals surface area contributed by atoms with E-state index >= 15 is 0 Å². The van der Waals surface area contributed by atoms with E-state index in [2.05, 4.69) is 15.3 Å². The zero-order valence-corrected chi connectivity index (χ0v) is 24.5. The molecule has 0 radical (unpaired) electrons. The van der Waals surface area contributed by atoms with Crippen molar-refractivity contribution in [3.8, 4) is 0 Å². The smallest absolute Gasteiger partial charge is 0.242 e. The van der Waals surface area contributed by atoms with E-state index in [-0.39, 0.29) is 42.1 Å². The van der Waals surface area contributed by atoms with Crippen LogP contribution in [-0.2, 0) is 19.2 Å². The van der Waals surface area contributed by atoms with Gasteiger partial charge in [-0.15, -0.1) is 0 Å². The summed E-state index contributed by atoms with van der Waals surface area (Å²) in [5.41, 5.74) is 1.33. The largest absolute Gasteiger partial charge is 0.461 e. The molecule has 1 aromatic carbocycles. The van der Waals surface area contributed by atoms with Crippen LogP contribution in [0.2, 0.25) is 0 Å². The van der Waals surface area contributed by atoms with Crippen molar-refractivity contribution in [2.24, 2.45) is 21.8 Å². The summed E-state index contributed by atoms with van der Waals surface area (Å²) in [6.45, 7) is 6.61. The van der Waals surface area contributed by atoms with Gasteiger partial charge in [-0.05, 0) is 69.7 Å². The van der Waals surface area contributed by atoms with Gasteiger partial charge in [-0.2, -0.15) is 0 Å². The molecule has 3 aliphatic rings. The summed E-state index contributed by atoms with van der Waals surface area (Å²) in [7, 11) is 0. The highest BCUT2D eigenvalue weighted by Gasteiger charge is 2.30. The monoisotopic (exact) mass is 576 g/mol. The molecule has 1 aromatic heterocycles. The predicted molar refractivity (Wildman–Crippen MR) is 159 cm³/mol. The normalized spacial score (nSPS) is 20.9. The summed E-state index contributed by atoms with van der Waals surface area (Å²) >= 11 is 0. The molecule has 5 rings (SSSR count). The van der Waals surface area contributed by atoms with Crippen LogP contribution in [0.25, 0.3) is 11.0 Å². The topological polar surface area (TPSA) is 128 Å². The third kappa shape index (κ3) is 7.24. The van der Waals surface area contributed by atoms with Crippen molar-refractivity contribution in [3.05, 3.63) is 30.0 Å². The van der Waals surface area contributed by atoms with E-state index in [9.17, 15) is 19.2 Å². The lowest BCUT2D eigenvalue weighted by Gasteiger charge is -2.30. The molecular weight excluding hydrogens is 536 g/mol. The third-order valence-corrected chi connectivity index (χ3v) is 8.39. The molecule has 4 heterocycles. The number of carbonyl (C=O) groups excluding carboxylic acids is 4. The zero-order valence-electron chi connectivity index (χ0n) is 24.5. The van der Waals surface area contributed by atoms with E-state index in [1.165, 1.54) is 6.92 Å². The lowest BCUT2D eigenvalue weighted by atomic mass is 9.96. The molecule has 1 N–H and O–H groups in total. The number of benzene rings is 1. The van der Waals surface area contributed by atoms with Crippen LogP contribution in [-0.4, -0.2) is 89.8 Å². The average Bonchev–Trinajstić information content (AvgIpc) is 3.61. The van der Waals surface area contributed by atoms with E-state index in [1.54, 1.807) is 22.1 Å². The molecule has 0 saturated carbocycles. The zero-order chi connectivity index (χ0) is 29.6. The molecule has 0 aliphatic carbocycles. The molecule has 1 atom stereocenters. The summed E-state index contributed by atoms with van der Waals surface area (Å²) in [6.07, 6.45) is 6.97. The molecule has 11 heteroatoms. The van der Waals surface area contributed by atoms with E-state index in [4.69, 9.17) is 4.42 Å². The molecule has 2 aromatic rings. The van der Waals surface area contributed by atoms with Crippen LogP contribution in [0.4, 0.5) is 5.69 Å². The number of hydrogen-bond donors (Lipinski definition) is 1. The second kappa shape index (κ2) is 13.3. The molecule has 42 heavy (non-hydrogen) atoms. The third-order valence-electron chi connectivity index (χ3n) is 8.39. The van der Waals surface area contributed by atoms with Gasteiger partial charge in [-0.25, -0.2) is 9.98 Å². The Labute approximate surface area is 246 Å². The molecule has 11 nitrogen and oxygen atoms in total. The van der Waals surface area contributed by atoms with Crippen LogP contribution in [0.15, 0.2) is 38.7 Å². The Morgan fingerprint density at radius 3 is 2.45 bits per heavy atom. The van der Waals surface area contributed by atoms with Crippen molar-refractivity contribution in [1.82, 2.24) is 20.0 Å². The molecule has 4 amide bonds. The van der Waals surface area contributed by atoms with E-state index < -0.39 is 5.92 Å². The minimum absolute atomic E-state index is 0.00588. The Hall–Kier alpha value is -4.02. The number of piperidine rings is 1. The fourth-order valence-corrected chi connectivity index (χ4v) is 5.93. The SMILES string of the molecule is CC(=O)N1CCC(C(=O)NC(=Nc2ccc3oc(C)cc3c2)/N=C\C2CCCCN(CC(=O)N3CCCC3)C2=O)CC1. The van der Waals surface area contributed by atoms with Gasteiger partial charge in [0.1, 0.15) is 11.3 Å². The van der Waals surface area contributed by atoms with Gasteiger partial charge in [0.2, 0.25) is 29.6 Å². The predicted octanol–water partition coefficient (Wildman–Crippen LogP) is 3.43. The van der Waals surface area contributed by atoms with Gasteiger partial charge >= 0.3 is 0 Å². The Morgan fingerprint density at radius 2 is 1.71 bits per heavy atom. The van der Waals surface area contributed by atoms with Crippen LogP contribution in [0.3, 0.4) is 0 Å². The number of aryl methyl sites for hydroxylation is 1. The molecule has 0 bridgehead atoms. The second-order valence-corrected chi connectivity index (χ2v) is 11.5. The van der Waals surface area contributed by atoms with Gasteiger partial charge in [-0.3, -0.25) is 24.5 Å². The first-order valence-electron chi connectivity index (χ1n) is 15.0. The lowest BCUT2D eigenvalue weighted by molar-refractivity contribution is -0.140. The first kappa shape index (κ1) is 29.5. The number of fused-ring (bicyclic) bond motifs is 1. The van der Waals surface area contributed by atoms with Crippen molar-refractivity contribution in [3.63, 3.8) is 0 Å². The first-order valence-corrected chi connectivity index (χ1v) is 15.0. The number of hydrogen-bond acceptors (Lipinski definition) is 6. The van der Waals surface area contributed by atoms with Gasteiger partial charge in [0, 0.05) is 57.2 Å². The van der Waals surface area contributed by atoms with Crippen molar-refractivity contribution in [2.45, 2.75) is 58.8 Å². The fourth-order valence-electron chi connectivity index (χ4n) is 5.93. The molecular formula is C31H40N6O5. The molecule has 0 spiro atoms. The van der Waals surface area contributed by atoms with Crippen LogP contribution in [0.5, 0.6) is 0 Å². The Morgan fingerprint density at radius 1 is 0.976 bits per heavy atom. The number of aliphatic imine (C=N–C) groups is 2. The number of amides is 4. The number of carbonyl (C=O) groups is 4. The highest BCUT2D eigenvalue weighted by Crippen LogP contribution is 2.25. The quantitative estimate of drug-likeness (QED) is 0.431. The van der Waals surface area contributed by atoms with E-state index in [0.717, 1.165) is 55.5 Å². The molecule has 1 unspecified atom stereocenters. The minimum atomic E-state index is -0.515. The van der Waals surface area contributed by atoms with Gasteiger partial charge in [0.15, 0.2) is 0 Å². The molecule has 3 aliphatic heterocycles. The average molecular weight is 577 g/mol. The van der Waals surface area contributed by atoms with Crippen molar-refractivity contribution >= 4 is 52.5 Å². The van der Waals surface area contributed by atoms with Gasteiger partial charge in [0.05, 0.1) is 18.2 Å². The van der Waals surface area contributed by atoms with Crippen LogP contribution < -0.4 is 5.32 Å². The standard InChI is InChI=1S/C31H40N6O5/c1-21-17-25-18-26(8-9-27(25)42-21)33-31(34-29(40)23-10-15-35(16-11-23)22(2)38)32-19-24-7-3-4-14-37(30(24)41)20-28(39)36-12-5-6-13-36/h8-9,17-19,23-24H,3-7,10-16,20H2,1-2H3,(H,33,34,40)/b32-19-. The van der Waals surface area contributed by atoms with Gasteiger partial charge in [-0.1, -0.05) is 6.42 Å². The van der Waals surface area contributed by atoms with Gasteiger partial charge < -0.3 is 19.1 Å². The number of likely N-dealkylation sites (tertiary alicyclic amines) is 3. The summed E-state index contributed by atoms with van der Waals surface area (Å²) in [5, 5.41) is 3.77. The fraction of sp³-hybridized carbons (Fsp3) is 0.548. The Bertz CT molecular complexity index is 1380. The summed E-state index contributed by atoms with van der Waals surface area (Å²) < 4.78 is 5.67. The number of guanidine groups is 1. The van der Waals surface area contributed by atoms with Crippen LogP contribution >= 0.6 is 0 Å². The maximum atomic E-state index is 13.5. The van der Waals surface area contributed by atoms with Crippen molar-refractivity contribution in [2.75, 3.05) is 39.3 Å². The Balaban J connectivity index is 1.33. The van der Waals surface area contributed by atoms with E-state index in [0.29, 0.717) is 44.6 Å². The van der Waals surface area contributed by atoms with Crippen molar-refractivity contribution < 1.29 is 23.6 Å². The molecule has 3 fully saturated rings. The highest BCUT2D eigenvalue weighted by molar-refractivity contribution is 6.05. The molecule has 3 saturated heterocycles. The van der Waals surface area contributed by atoms with Crippen LogP contribution in [0.1, 0.15) is 57.6 Å². The lowest BCUT2D eigenvalue weighted by Crippen LogP contribution is -2.44. The number of furan rings is 1. The van der Waals surface area contributed by atoms with E-state index in [1.807, 2.05) is 30.0 Å². The summed E-state index contributed by atoms with van der Waals surface area (Å²) in [4.78, 5) is 65.6. The summed E-state index contributed by atoms with van der Waals surface area (Å²) in [5.74, 6) is -0.228. The highest BCUT2D eigenvalue weighted by atomic mass is 16.3. The minimum Gasteiger partial charge on any atom is -0.461 e. The summed E-state index contributed by atoms with van der Waals surface area (Å²) in [6, 6.07) is 7.40. The van der Waals surface area contributed by atoms with Gasteiger partial charge in [0.25, 0.3) is 0 Å². The number of nitrogens with one attached hydrogen (secondary N) is 1. The maximum absolute atomic E-state index is 13.5. The number of rotatable bonds is 5. The number of nitrogens with zero attached hydrogens (tertiary/aromatic N) is 5. The molecule has 224 valence electrons. The maximum Gasteiger partial charge on any atom is 0.242 e. The second-order valence-electron chi connectivity index (χ2n) is 11.5. The van der Waals surface area contributed by atoms with Crippen LogP contribution in [0, 0.1) is 18.8 Å². The Kier molecular flexibility index (Phi) is 9.34. The van der Waals surface area contributed by atoms with Crippen molar-refractivity contribution in [1.29, 1.82) is 0 Å². The first-order chi connectivity index (χ1) is 20.3.